The third-order valence-electron chi connectivity index (χ3n) is 5.15. The zero-order valence-corrected chi connectivity index (χ0v) is 12.7. The maximum atomic E-state index is 12.3. The molecule has 2 atom stereocenters. The van der Waals surface area contributed by atoms with Crippen LogP contribution >= 0.6 is 0 Å². The first-order chi connectivity index (χ1) is 10.3. The Bertz CT molecular complexity index is 387. The first-order valence-electron chi connectivity index (χ1n) is 8.44. The molecule has 21 heavy (non-hydrogen) atoms. The van der Waals surface area contributed by atoms with Crippen LogP contribution in [0.2, 0.25) is 0 Å². The number of ether oxygens (including phenoxy) is 1. The van der Waals surface area contributed by atoms with Crippen LogP contribution in [-0.4, -0.2) is 48.6 Å². The highest BCUT2D eigenvalue weighted by Gasteiger charge is 2.40. The third-order valence-corrected chi connectivity index (χ3v) is 5.15. The van der Waals surface area contributed by atoms with Crippen LogP contribution in [0.1, 0.15) is 51.4 Å². The Kier molecular flexibility index (Phi) is 4.78. The number of nitrogens with zero attached hydrogens (tertiary/aromatic N) is 1. The fourth-order valence-electron chi connectivity index (χ4n) is 4.00. The van der Waals surface area contributed by atoms with Gasteiger partial charge in [-0.3, -0.25) is 9.59 Å². The molecule has 0 aromatic carbocycles. The van der Waals surface area contributed by atoms with Gasteiger partial charge >= 0.3 is 0 Å². The summed E-state index contributed by atoms with van der Waals surface area (Å²) in [5.74, 6) is 0.463. The SMILES string of the molecule is O=C1NCC(=O)N(CCC2CCCO2)C1C1CCCCC1. The van der Waals surface area contributed by atoms with Gasteiger partial charge in [-0.15, -0.1) is 0 Å². The van der Waals surface area contributed by atoms with Gasteiger partial charge in [-0.25, -0.2) is 0 Å². The van der Waals surface area contributed by atoms with Crippen molar-refractivity contribution < 1.29 is 14.3 Å². The topological polar surface area (TPSA) is 58.6 Å². The summed E-state index contributed by atoms with van der Waals surface area (Å²) in [4.78, 5) is 26.4. The van der Waals surface area contributed by atoms with Crippen molar-refractivity contribution in [1.82, 2.24) is 10.2 Å². The van der Waals surface area contributed by atoms with Crippen LogP contribution in [0.5, 0.6) is 0 Å². The van der Waals surface area contributed by atoms with Crippen molar-refractivity contribution in [2.24, 2.45) is 5.92 Å². The zero-order chi connectivity index (χ0) is 14.7. The van der Waals surface area contributed by atoms with Crippen LogP contribution in [0, 0.1) is 5.92 Å². The second-order valence-corrected chi connectivity index (χ2v) is 6.57. The lowest BCUT2D eigenvalue weighted by molar-refractivity contribution is -0.148. The molecule has 2 saturated heterocycles. The Balaban J connectivity index is 1.65. The third kappa shape index (κ3) is 3.39. The van der Waals surface area contributed by atoms with Crippen LogP contribution in [0.15, 0.2) is 0 Å². The standard InChI is InChI=1S/C16H26N2O3/c19-14-11-17-16(20)15(12-5-2-1-3-6-12)18(14)9-8-13-7-4-10-21-13/h12-13,15H,1-11H2,(H,17,20). The van der Waals surface area contributed by atoms with E-state index in [1.54, 1.807) is 0 Å². The minimum Gasteiger partial charge on any atom is -0.378 e. The molecule has 5 nitrogen and oxygen atoms in total. The molecule has 2 aliphatic heterocycles. The van der Waals surface area contributed by atoms with E-state index in [-0.39, 0.29) is 30.5 Å². The van der Waals surface area contributed by atoms with Crippen molar-refractivity contribution in [1.29, 1.82) is 0 Å². The number of nitrogens with one attached hydrogen (secondary N) is 1. The van der Waals surface area contributed by atoms with Gasteiger partial charge in [0.25, 0.3) is 0 Å². The lowest BCUT2D eigenvalue weighted by atomic mass is 9.82. The molecule has 1 N–H and O–H groups in total. The van der Waals surface area contributed by atoms with Gasteiger partial charge < -0.3 is 15.0 Å². The van der Waals surface area contributed by atoms with Crippen molar-refractivity contribution in [3.63, 3.8) is 0 Å². The second kappa shape index (κ2) is 6.77. The molecule has 118 valence electrons. The summed E-state index contributed by atoms with van der Waals surface area (Å²) in [6, 6.07) is -0.243. The van der Waals surface area contributed by atoms with E-state index in [0.29, 0.717) is 12.5 Å². The Morgan fingerprint density at radius 3 is 2.62 bits per heavy atom. The van der Waals surface area contributed by atoms with E-state index in [1.807, 2.05) is 4.90 Å². The largest absolute Gasteiger partial charge is 0.378 e. The predicted molar refractivity (Wildman–Crippen MR) is 78.7 cm³/mol. The molecule has 2 heterocycles. The Hall–Kier alpha value is -1.10. The van der Waals surface area contributed by atoms with E-state index >= 15 is 0 Å². The summed E-state index contributed by atoms with van der Waals surface area (Å²) >= 11 is 0. The van der Waals surface area contributed by atoms with Gasteiger partial charge in [-0.2, -0.15) is 0 Å². The minimum absolute atomic E-state index is 0.0499. The fourth-order valence-corrected chi connectivity index (χ4v) is 4.00. The van der Waals surface area contributed by atoms with Gasteiger partial charge in [-0.1, -0.05) is 19.3 Å². The molecule has 3 aliphatic rings. The van der Waals surface area contributed by atoms with E-state index in [9.17, 15) is 9.59 Å². The molecular weight excluding hydrogens is 268 g/mol. The summed E-state index contributed by atoms with van der Waals surface area (Å²) < 4.78 is 5.65. The van der Waals surface area contributed by atoms with Crippen molar-refractivity contribution in [3.05, 3.63) is 0 Å². The lowest BCUT2D eigenvalue weighted by Crippen LogP contribution is -2.61. The highest BCUT2D eigenvalue weighted by molar-refractivity contribution is 5.95. The van der Waals surface area contributed by atoms with Crippen LogP contribution in [0.25, 0.3) is 0 Å². The van der Waals surface area contributed by atoms with E-state index in [0.717, 1.165) is 38.7 Å². The minimum atomic E-state index is -0.243. The lowest BCUT2D eigenvalue weighted by Gasteiger charge is -2.41. The summed E-state index contributed by atoms with van der Waals surface area (Å²) in [5.41, 5.74) is 0. The van der Waals surface area contributed by atoms with Gasteiger partial charge in [0.1, 0.15) is 6.04 Å². The molecule has 0 aromatic heterocycles. The van der Waals surface area contributed by atoms with Crippen molar-refractivity contribution in [2.75, 3.05) is 19.7 Å². The molecule has 2 unspecified atom stereocenters. The Morgan fingerprint density at radius 2 is 1.90 bits per heavy atom. The van der Waals surface area contributed by atoms with Gasteiger partial charge in [0.2, 0.25) is 11.8 Å². The highest BCUT2D eigenvalue weighted by atomic mass is 16.5. The van der Waals surface area contributed by atoms with Crippen LogP contribution in [0.3, 0.4) is 0 Å². The Labute approximate surface area is 126 Å². The first-order valence-corrected chi connectivity index (χ1v) is 8.44. The number of carbonyl (C=O) groups is 2. The van der Waals surface area contributed by atoms with E-state index < -0.39 is 0 Å². The van der Waals surface area contributed by atoms with Gasteiger partial charge in [0, 0.05) is 13.2 Å². The first kappa shape index (κ1) is 14.8. The molecular formula is C16H26N2O3. The summed E-state index contributed by atoms with van der Waals surface area (Å²) in [5, 5.41) is 2.78. The molecule has 0 bridgehead atoms. The average Bonchev–Trinajstić information content (AvgIpc) is 3.02. The number of hydrogen-bond acceptors (Lipinski definition) is 3. The molecule has 2 amide bonds. The molecule has 1 aliphatic carbocycles. The molecule has 0 radical (unpaired) electrons. The number of rotatable bonds is 4. The quantitative estimate of drug-likeness (QED) is 0.854. The monoisotopic (exact) mass is 294 g/mol. The van der Waals surface area contributed by atoms with Gasteiger partial charge in [-0.05, 0) is 38.0 Å². The van der Waals surface area contributed by atoms with Crippen LogP contribution in [0.4, 0.5) is 0 Å². The second-order valence-electron chi connectivity index (χ2n) is 6.57. The van der Waals surface area contributed by atoms with Crippen molar-refractivity contribution in [2.45, 2.75) is 63.5 Å². The van der Waals surface area contributed by atoms with Gasteiger partial charge in [0.15, 0.2) is 0 Å². The average molecular weight is 294 g/mol. The molecule has 0 aromatic rings. The number of piperazine rings is 1. The van der Waals surface area contributed by atoms with E-state index in [2.05, 4.69) is 5.32 Å². The maximum Gasteiger partial charge on any atom is 0.243 e. The maximum absolute atomic E-state index is 12.3. The van der Waals surface area contributed by atoms with Crippen LogP contribution in [-0.2, 0) is 14.3 Å². The fraction of sp³-hybridized carbons (Fsp3) is 0.875. The number of hydrogen-bond donors (Lipinski definition) is 1. The molecule has 5 heteroatoms. The van der Waals surface area contributed by atoms with Crippen molar-refractivity contribution >= 4 is 11.8 Å². The van der Waals surface area contributed by atoms with E-state index in [4.69, 9.17) is 4.74 Å². The summed E-state index contributed by atoms with van der Waals surface area (Å²) in [6.45, 7) is 1.66. The van der Waals surface area contributed by atoms with E-state index in [1.165, 1.54) is 19.3 Å². The molecule has 3 fully saturated rings. The summed E-state index contributed by atoms with van der Waals surface area (Å²) in [6.07, 6.45) is 9.10. The Morgan fingerprint density at radius 1 is 1.10 bits per heavy atom. The normalized spacial score (nSPS) is 31.5. The predicted octanol–water partition coefficient (Wildman–Crippen LogP) is 1.46. The van der Waals surface area contributed by atoms with Gasteiger partial charge in [0.05, 0.1) is 12.6 Å². The van der Waals surface area contributed by atoms with Crippen LogP contribution < -0.4 is 5.32 Å². The summed E-state index contributed by atoms with van der Waals surface area (Å²) in [7, 11) is 0. The molecule has 3 rings (SSSR count). The highest BCUT2D eigenvalue weighted by Crippen LogP contribution is 2.30. The molecule has 1 saturated carbocycles. The van der Waals surface area contributed by atoms with Crippen molar-refractivity contribution in [3.8, 4) is 0 Å². The molecule has 0 spiro atoms. The number of amides is 2. The smallest absolute Gasteiger partial charge is 0.243 e. The number of carbonyl (C=O) groups excluding carboxylic acids is 2. The zero-order valence-electron chi connectivity index (χ0n) is 12.7.